The van der Waals surface area contributed by atoms with Gasteiger partial charge in [-0.25, -0.2) is 4.79 Å². The monoisotopic (exact) mass is 307 g/mol. The molecular formula is C18H29NO3. The largest absolute Gasteiger partial charge is 0.494 e. The Morgan fingerprint density at radius 1 is 1.23 bits per heavy atom. The SMILES string of the molecule is C1CCNCC1.CCCCOc1ccc(C(=O)O)c(CC)c1. The van der Waals surface area contributed by atoms with Crippen molar-refractivity contribution in [2.24, 2.45) is 0 Å². The van der Waals surface area contributed by atoms with Gasteiger partial charge in [0.15, 0.2) is 0 Å². The highest BCUT2D eigenvalue weighted by molar-refractivity contribution is 5.89. The van der Waals surface area contributed by atoms with Crippen molar-refractivity contribution >= 4 is 5.97 Å². The first kappa shape index (κ1) is 18.5. The molecule has 0 bridgehead atoms. The lowest BCUT2D eigenvalue weighted by atomic mass is 10.1. The molecule has 2 rings (SSSR count). The smallest absolute Gasteiger partial charge is 0.335 e. The summed E-state index contributed by atoms with van der Waals surface area (Å²) in [5.41, 5.74) is 1.19. The van der Waals surface area contributed by atoms with E-state index in [4.69, 9.17) is 9.84 Å². The first-order chi connectivity index (χ1) is 10.7. The molecule has 1 aliphatic rings. The summed E-state index contributed by atoms with van der Waals surface area (Å²) >= 11 is 0. The van der Waals surface area contributed by atoms with Gasteiger partial charge in [0.05, 0.1) is 12.2 Å². The van der Waals surface area contributed by atoms with Crippen LogP contribution >= 0.6 is 0 Å². The number of hydrogen-bond acceptors (Lipinski definition) is 3. The van der Waals surface area contributed by atoms with Crippen LogP contribution in [0.5, 0.6) is 5.75 Å². The normalized spacial score (nSPS) is 13.9. The lowest BCUT2D eigenvalue weighted by Gasteiger charge is -2.09. The maximum absolute atomic E-state index is 10.9. The highest BCUT2D eigenvalue weighted by Gasteiger charge is 2.09. The van der Waals surface area contributed by atoms with Crippen LogP contribution in [0.2, 0.25) is 0 Å². The standard InChI is InChI=1S/C13H18O3.C5H11N/c1-3-5-8-16-11-6-7-12(13(14)15)10(4-2)9-11;1-2-4-6-5-3-1/h6-7,9H,3-5,8H2,1-2H3,(H,14,15);6H,1-5H2. The van der Waals surface area contributed by atoms with Crippen LogP contribution in [0, 0.1) is 0 Å². The second-order valence-electron chi connectivity index (χ2n) is 5.49. The van der Waals surface area contributed by atoms with Crippen molar-refractivity contribution in [2.75, 3.05) is 19.7 Å². The molecule has 0 aliphatic carbocycles. The maximum atomic E-state index is 10.9. The summed E-state index contributed by atoms with van der Waals surface area (Å²) < 4.78 is 5.53. The summed E-state index contributed by atoms with van der Waals surface area (Å²) in [6.45, 7) is 7.23. The van der Waals surface area contributed by atoms with Gasteiger partial charge in [0.1, 0.15) is 5.75 Å². The lowest BCUT2D eigenvalue weighted by molar-refractivity contribution is 0.0695. The van der Waals surface area contributed by atoms with E-state index in [1.807, 2.05) is 13.0 Å². The number of benzene rings is 1. The van der Waals surface area contributed by atoms with E-state index in [0.717, 1.165) is 24.2 Å². The van der Waals surface area contributed by atoms with Crippen molar-refractivity contribution in [3.63, 3.8) is 0 Å². The third-order valence-corrected chi connectivity index (χ3v) is 3.66. The minimum Gasteiger partial charge on any atom is -0.494 e. The molecule has 4 nitrogen and oxygen atoms in total. The Kier molecular flexibility index (Phi) is 9.31. The van der Waals surface area contributed by atoms with Crippen molar-refractivity contribution in [1.82, 2.24) is 5.32 Å². The molecule has 0 amide bonds. The first-order valence-electron chi connectivity index (χ1n) is 8.38. The molecule has 1 aliphatic heterocycles. The third-order valence-electron chi connectivity index (χ3n) is 3.66. The van der Waals surface area contributed by atoms with Crippen LogP contribution in [0.15, 0.2) is 18.2 Å². The van der Waals surface area contributed by atoms with Gasteiger partial charge in [-0.1, -0.05) is 26.7 Å². The quantitative estimate of drug-likeness (QED) is 0.783. The van der Waals surface area contributed by atoms with E-state index in [-0.39, 0.29) is 0 Å². The van der Waals surface area contributed by atoms with Crippen LogP contribution in [-0.4, -0.2) is 30.8 Å². The summed E-state index contributed by atoms with van der Waals surface area (Å²) in [6, 6.07) is 5.15. The Bertz CT molecular complexity index is 430. The van der Waals surface area contributed by atoms with Crippen molar-refractivity contribution < 1.29 is 14.6 Å². The molecule has 0 unspecified atom stereocenters. The van der Waals surface area contributed by atoms with Gasteiger partial charge < -0.3 is 15.2 Å². The first-order valence-corrected chi connectivity index (χ1v) is 8.38. The zero-order chi connectivity index (χ0) is 16.2. The molecule has 4 heteroatoms. The Labute approximate surface area is 133 Å². The Morgan fingerprint density at radius 3 is 2.41 bits per heavy atom. The van der Waals surface area contributed by atoms with Crippen LogP contribution < -0.4 is 10.1 Å². The number of ether oxygens (including phenoxy) is 1. The average Bonchev–Trinajstić information content (AvgIpc) is 2.57. The molecular weight excluding hydrogens is 278 g/mol. The van der Waals surface area contributed by atoms with E-state index in [2.05, 4.69) is 12.2 Å². The van der Waals surface area contributed by atoms with Gasteiger partial charge in [-0.15, -0.1) is 0 Å². The van der Waals surface area contributed by atoms with Gasteiger partial charge in [-0.2, -0.15) is 0 Å². The highest BCUT2D eigenvalue weighted by atomic mass is 16.5. The minimum atomic E-state index is -0.878. The van der Waals surface area contributed by atoms with Crippen LogP contribution in [0.25, 0.3) is 0 Å². The average molecular weight is 307 g/mol. The molecule has 124 valence electrons. The van der Waals surface area contributed by atoms with Gasteiger partial charge in [-0.3, -0.25) is 0 Å². The number of rotatable bonds is 6. The molecule has 1 saturated heterocycles. The van der Waals surface area contributed by atoms with E-state index >= 15 is 0 Å². The van der Waals surface area contributed by atoms with E-state index in [0.29, 0.717) is 18.6 Å². The van der Waals surface area contributed by atoms with Crippen LogP contribution in [0.4, 0.5) is 0 Å². The van der Waals surface area contributed by atoms with Crippen molar-refractivity contribution in [2.45, 2.75) is 52.4 Å². The van der Waals surface area contributed by atoms with Gasteiger partial charge in [0.25, 0.3) is 0 Å². The Balaban J connectivity index is 0.000000335. The summed E-state index contributed by atoms with van der Waals surface area (Å²) in [7, 11) is 0. The van der Waals surface area contributed by atoms with Gasteiger partial charge in [-0.05, 0) is 62.5 Å². The zero-order valence-electron chi connectivity index (χ0n) is 13.9. The predicted molar refractivity (Wildman–Crippen MR) is 89.9 cm³/mol. The number of nitrogens with one attached hydrogen (secondary N) is 1. The highest BCUT2D eigenvalue weighted by Crippen LogP contribution is 2.19. The summed E-state index contributed by atoms with van der Waals surface area (Å²) in [5, 5.41) is 12.2. The fourth-order valence-electron chi connectivity index (χ4n) is 2.30. The fourth-order valence-corrected chi connectivity index (χ4v) is 2.30. The Hall–Kier alpha value is -1.55. The zero-order valence-corrected chi connectivity index (χ0v) is 13.9. The summed E-state index contributed by atoms with van der Waals surface area (Å²) in [6.07, 6.45) is 7.02. The topological polar surface area (TPSA) is 58.6 Å². The predicted octanol–water partition coefficient (Wildman–Crippen LogP) is 3.89. The minimum absolute atomic E-state index is 0.366. The van der Waals surface area contributed by atoms with E-state index < -0.39 is 5.97 Å². The third kappa shape index (κ3) is 6.94. The van der Waals surface area contributed by atoms with Gasteiger partial charge in [0, 0.05) is 0 Å². The molecule has 1 aromatic rings. The number of carboxylic acids is 1. The van der Waals surface area contributed by atoms with Crippen LogP contribution in [0.3, 0.4) is 0 Å². The molecule has 0 saturated carbocycles. The number of aromatic carboxylic acids is 1. The maximum Gasteiger partial charge on any atom is 0.335 e. The molecule has 1 fully saturated rings. The van der Waals surface area contributed by atoms with Crippen LogP contribution in [0.1, 0.15) is 61.9 Å². The van der Waals surface area contributed by atoms with Crippen LogP contribution in [-0.2, 0) is 6.42 Å². The summed E-state index contributed by atoms with van der Waals surface area (Å²) in [4.78, 5) is 10.9. The molecule has 1 heterocycles. The Morgan fingerprint density at radius 2 is 1.95 bits per heavy atom. The molecule has 2 N–H and O–H groups in total. The van der Waals surface area contributed by atoms with Gasteiger partial charge >= 0.3 is 5.97 Å². The molecule has 0 spiro atoms. The number of piperidine rings is 1. The molecule has 1 aromatic carbocycles. The lowest BCUT2D eigenvalue weighted by Crippen LogP contribution is -2.21. The number of carbonyl (C=O) groups is 1. The molecule has 22 heavy (non-hydrogen) atoms. The number of hydrogen-bond donors (Lipinski definition) is 2. The summed E-state index contributed by atoms with van der Waals surface area (Å²) in [5.74, 6) is -0.118. The molecule has 0 atom stereocenters. The second-order valence-corrected chi connectivity index (χ2v) is 5.49. The van der Waals surface area contributed by atoms with E-state index in [1.165, 1.54) is 32.4 Å². The molecule has 0 aromatic heterocycles. The van der Waals surface area contributed by atoms with Crippen molar-refractivity contribution in [3.05, 3.63) is 29.3 Å². The van der Waals surface area contributed by atoms with E-state index in [1.54, 1.807) is 12.1 Å². The number of carboxylic acid groups (broad SMARTS) is 1. The van der Waals surface area contributed by atoms with Crippen molar-refractivity contribution in [1.29, 1.82) is 0 Å². The van der Waals surface area contributed by atoms with Crippen molar-refractivity contribution in [3.8, 4) is 5.75 Å². The fraction of sp³-hybridized carbons (Fsp3) is 0.611. The number of aryl methyl sites for hydroxylation is 1. The van der Waals surface area contributed by atoms with Gasteiger partial charge in [0.2, 0.25) is 0 Å². The van der Waals surface area contributed by atoms with E-state index in [9.17, 15) is 4.79 Å². The second kappa shape index (κ2) is 11.1. The molecule has 0 radical (unpaired) electrons. The number of unbranched alkanes of at least 4 members (excludes halogenated alkanes) is 1.